The van der Waals surface area contributed by atoms with E-state index in [1.807, 2.05) is 28.5 Å². The minimum atomic E-state index is -3.28. The Morgan fingerprint density at radius 2 is 2.04 bits per heavy atom. The lowest BCUT2D eigenvalue weighted by molar-refractivity contribution is -0.134. The molecule has 11 heteroatoms. The molecule has 3 heterocycles. The van der Waals surface area contributed by atoms with Gasteiger partial charge in [0.2, 0.25) is 10.0 Å². The van der Waals surface area contributed by atoms with Gasteiger partial charge in [-0.25, -0.2) is 22.7 Å². The molecule has 1 aliphatic rings. The van der Waals surface area contributed by atoms with Crippen molar-refractivity contribution in [3.05, 3.63) is 24.9 Å². The first-order chi connectivity index (χ1) is 13.2. The van der Waals surface area contributed by atoms with Crippen molar-refractivity contribution in [2.24, 2.45) is 5.92 Å². The standard InChI is InChI=1S/C15H23N5O3S.C2H4O2/c1-4-19-7-13(17-11-19)15-16-5-6-20(15)14-9-23-8-12(14)10-24(21,22)18(2)3;1-2(3)4/h5-7,11-12,14H,4,8-10H2,1-3H3;1H3,(H,3,4)/t12-,14+;/m0./s1. The zero-order valence-corrected chi connectivity index (χ0v) is 17.3. The Kier molecular flexibility index (Phi) is 7.33. The quantitative estimate of drug-likeness (QED) is 0.748. The molecule has 10 nitrogen and oxygen atoms in total. The van der Waals surface area contributed by atoms with Crippen LogP contribution >= 0.6 is 0 Å². The van der Waals surface area contributed by atoms with E-state index in [0.717, 1.165) is 25.0 Å². The largest absolute Gasteiger partial charge is 0.481 e. The number of ether oxygens (including phenoxy) is 1. The highest BCUT2D eigenvalue weighted by Crippen LogP contribution is 2.31. The van der Waals surface area contributed by atoms with Crippen molar-refractivity contribution >= 4 is 16.0 Å². The Labute approximate surface area is 164 Å². The lowest BCUT2D eigenvalue weighted by atomic mass is 10.1. The van der Waals surface area contributed by atoms with Crippen LogP contribution in [-0.4, -0.2) is 76.0 Å². The summed E-state index contributed by atoms with van der Waals surface area (Å²) in [6, 6.07) is -0.0657. The monoisotopic (exact) mass is 413 g/mol. The normalized spacial score (nSPS) is 19.5. The maximum absolute atomic E-state index is 12.2. The zero-order chi connectivity index (χ0) is 20.9. The van der Waals surface area contributed by atoms with Crippen LogP contribution in [0.25, 0.3) is 11.5 Å². The molecule has 3 rings (SSSR count). The number of hydrogen-bond donors (Lipinski definition) is 1. The molecule has 2 atom stereocenters. The minimum absolute atomic E-state index is 0.0612. The van der Waals surface area contributed by atoms with Crippen molar-refractivity contribution in [2.75, 3.05) is 33.1 Å². The van der Waals surface area contributed by atoms with Gasteiger partial charge in [0.05, 0.1) is 31.3 Å². The van der Waals surface area contributed by atoms with E-state index in [-0.39, 0.29) is 17.7 Å². The highest BCUT2D eigenvalue weighted by atomic mass is 32.2. The second-order valence-corrected chi connectivity index (χ2v) is 8.92. The number of carboxylic acids is 1. The Bertz CT molecular complexity index is 885. The van der Waals surface area contributed by atoms with Crippen molar-refractivity contribution in [1.29, 1.82) is 0 Å². The van der Waals surface area contributed by atoms with Crippen LogP contribution in [0.15, 0.2) is 24.9 Å². The van der Waals surface area contributed by atoms with Gasteiger partial charge in [-0.15, -0.1) is 0 Å². The van der Waals surface area contributed by atoms with Gasteiger partial charge in [0.1, 0.15) is 5.69 Å². The Balaban J connectivity index is 0.000000640. The third-order valence-electron chi connectivity index (χ3n) is 4.40. The number of aryl methyl sites for hydroxylation is 1. The number of aromatic nitrogens is 4. The molecule has 1 N–H and O–H groups in total. The van der Waals surface area contributed by atoms with Gasteiger partial charge < -0.3 is 19.0 Å². The fourth-order valence-corrected chi connectivity index (χ4v) is 4.06. The van der Waals surface area contributed by atoms with E-state index < -0.39 is 16.0 Å². The molecule has 0 spiro atoms. The van der Waals surface area contributed by atoms with E-state index in [4.69, 9.17) is 14.6 Å². The summed E-state index contributed by atoms with van der Waals surface area (Å²) in [7, 11) is -0.172. The fourth-order valence-electron chi connectivity index (χ4n) is 2.90. The molecule has 1 saturated heterocycles. The summed E-state index contributed by atoms with van der Waals surface area (Å²) in [5.41, 5.74) is 0.781. The van der Waals surface area contributed by atoms with E-state index in [1.165, 1.54) is 4.31 Å². The van der Waals surface area contributed by atoms with Crippen LogP contribution in [0.3, 0.4) is 0 Å². The molecule has 0 saturated carbocycles. The highest BCUT2D eigenvalue weighted by Gasteiger charge is 2.35. The van der Waals surface area contributed by atoms with E-state index in [2.05, 4.69) is 9.97 Å². The number of carbonyl (C=O) groups is 1. The second kappa shape index (κ2) is 9.30. The molecule has 0 aliphatic carbocycles. The summed E-state index contributed by atoms with van der Waals surface area (Å²) in [6.45, 7) is 4.87. The molecular weight excluding hydrogens is 386 g/mol. The SMILES string of the molecule is CC(=O)O.CCn1cnc(-c2nccn2[C@@H]2COC[C@H]2CS(=O)(=O)N(C)C)c1. The van der Waals surface area contributed by atoms with Crippen molar-refractivity contribution in [3.8, 4) is 11.5 Å². The van der Waals surface area contributed by atoms with Crippen molar-refractivity contribution in [1.82, 2.24) is 23.4 Å². The van der Waals surface area contributed by atoms with Crippen molar-refractivity contribution < 1.29 is 23.1 Å². The number of sulfonamides is 1. The summed E-state index contributed by atoms with van der Waals surface area (Å²) in [4.78, 5) is 17.8. The van der Waals surface area contributed by atoms with Crippen LogP contribution in [0, 0.1) is 5.92 Å². The van der Waals surface area contributed by atoms with Gasteiger partial charge in [-0.2, -0.15) is 0 Å². The number of nitrogens with zero attached hydrogens (tertiary/aromatic N) is 5. The molecule has 1 fully saturated rings. The molecule has 0 unspecified atom stereocenters. The van der Waals surface area contributed by atoms with Crippen LogP contribution in [0.2, 0.25) is 0 Å². The average molecular weight is 414 g/mol. The van der Waals surface area contributed by atoms with Gasteiger partial charge in [-0.1, -0.05) is 0 Å². The Hall–Kier alpha value is -2.24. The first-order valence-electron chi connectivity index (χ1n) is 8.88. The molecule has 0 aromatic carbocycles. The fraction of sp³-hybridized carbons (Fsp3) is 0.588. The zero-order valence-electron chi connectivity index (χ0n) is 16.5. The number of rotatable bonds is 6. The van der Waals surface area contributed by atoms with Gasteiger partial charge in [0, 0.05) is 52.1 Å². The molecule has 0 bridgehead atoms. The molecule has 1 aliphatic heterocycles. The predicted molar refractivity (Wildman–Crippen MR) is 103 cm³/mol. The summed E-state index contributed by atoms with van der Waals surface area (Å²) in [5, 5.41) is 7.42. The van der Waals surface area contributed by atoms with Gasteiger partial charge in [0.15, 0.2) is 5.82 Å². The maximum Gasteiger partial charge on any atom is 0.300 e. The number of carboxylic acid groups (broad SMARTS) is 1. The molecular formula is C17H27N5O5S. The summed E-state index contributed by atoms with van der Waals surface area (Å²) in [6.07, 6.45) is 7.30. The number of hydrogen-bond acceptors (Lipinski definition) is 6. The number of aliphatic carboxylic acids is 1. The van der Waals surface area contributed by atoms with Crippen LogP contribution in [0.5, 0.6) is 0 Å². The van der Waals surface area contributed by atoms with E-state index in [1.54, 1.807) is 26.6 Å². The highest BCUT2D eigenvalue weighted by molar-refractivity contribution is 7.89. The third kappa shape index (κ3) is 5.40. The van der Waals surface area contributed by atoms with E-state index in [0.29, 0.717) is 13.2 Å². The van der Waals surface area contributed by atoms with Gasteiger partial charge in [0.25, 0.3) is 5.97 Å². The molecule has 2 aromatic heterocycles. The first-order valence-corrected chi connectivity index (χ1v) is 10.5. The lowest BCUT2D eigenvalue weighted by Crippen LogP contribution is -2.32. The molecule has 156 valence electrons. The second-order valence-electron chi connectivity index (χ2n) is 6.69. The maximum atomic E-state index is 12.2. The van der Waals surface area contributed by atoms with Crippen molar-refractivity contribution in [3.63, 3.8) is 0 Å². The first kappa shape index (κ1) is 22.1. The third-order valence-corrected chi connectivity index (χ3v) is 6.36. The lowest BCUT2D eigenvalue weighted by Gasteiger charge is -2.22. The molecule has 2 aromatic rings. The van der Waals surface area contributed by atoms with Crippen LogP contribution in [0.4, 0.5) is 0 Å². The van der Waals surface area contributed by atoms with E-state index in [9.17, 15) is 8.42 Å². The minimum Gasteiger partial charge on any atom is -0.481 e. The summed E-state index contributed by atoms with van der Waals surface area (Å²) < 4.78 is 35.3. The van der Waals surface area contributed by atoms with Crippen LogP contribution < -0.4 is 0 Å². The molecule has 0 radical (unpaired) electrons. The van der Waals surface area contributed by atoms with Crippen LogP contribution in [0.1, 0.15) is 19.9 Å². The Morgan fingerprint density at radius 1 is 1.36 bits per heavy atom. The average Bonchev–Trinajstić information content (AvgIpc) is 3.33. The summed E-state index contributed by atoms with van der Waals surface area (Å²) >= 11 is 0. The Morgan fingerprint density at radius 3 is 2.61 bits per heavy atom. The molecule has 28 heavy (non-hydrogen) atoms. The van der Waals surface area contributed by atoms with Gasteiger partial charge in [-0.3, -0.25) is 4.79 Å². The van der Waals surface area contributed by atoms with Gasteiger partial charge >= 0.3 is 0 Å². The smallest absolute Gasteiger partial charge is 0.300 e. The predicted octanol–water partition coefficient (Wildman–Crippen LogP) is 0.936. The van der Waals surface area contributed by atoms with E-state index >= 15 is 0 Å². The van der Waals surface area contributed by atoms with Crippen molar-refractivity contribution in [2.45, 2.75) is 26.4 Å². The number of imidazole rings is 2. The molecule has 0 amide bonds. The van der Waals surface area contributed by atoms with Gasteiger partial charge in [-0.05, 0) is 6.92 Å². The topological polar surface area (TPSA) is 120 Å². The van der Waals surface area contributed by atoms with Crippen LogP contribution in [-0.2, 0) is 26.1 Å². The summed E-state index contributed by atoms with van der Waals surface area (Å²) in [5.74, 6) is -0.144.